The zero-order chi connectivity index (χ0) is 17.5. The highest BCUT2D eigenvalue weighted by Crippen LogP contribution is 2.12. The molecule has 7 heteroatoms. The maximum absolute atomic E-state index is 13.4. The average molecular weight is 335 g/mol. The Hall–Kier alpha value is -2.96. The highest BCUT2D eigenvalue weighted by Gasteiger charge is 2.15. The van der Waals surface area contributed by atoms with Crippen LogP contribution in [0.1, 0.15) is 15.9 Å². The molecule has 0 radical (unpaired) electrons. The van der Waals surface area contributed by atoms with Gasteiger partial charge < -0.3 is 14.8 Å². The van der Waals surface area contributed by atoms with E-state index in [-0.39, 0.29) is 6.54 Å². The van der Waals surface area contributed by atoms with Crippen LogP contribution in [0.2, 0.25) is 0 Å². The molecule has 0 atom stereocenters. The molecule has 0 aliphatic carbocycles. The van der Waals surface area contributed by atoms with Gasteiger partial charge in [0.1, 0.15) is 17.4 Å². The molecule has 5 nitrogen and oxygen atoms in total. The first-order valence-corrected chi connectivity index (χ1v) is 7.01. The highest BCUT2D eigenvalue weighted by atomic mass is 19.1. The molecule has 0 unspecified atom stereocenters. The van der Waals surface area contributed by atoms with Crippen molar-refractivity contribution in [2.24, 2.45) is 0 Å². The Morgan fingerprint density at radius 2 is 1.92 bits per heavy atom. The number of methoxy groups -OCH3 is 1. The van der Waals surface area contributed by atoms with Crippen LogP contribution >= 0.6 is 0 Å². The SMILES string of the molecule is COc1cccc(CNC(=O)COC(=O)c2cc(F)ccc2F)c1. The molecule has 0 saturated carbocycles. The Labute approximate surface area is 137 Å². The summed E-state index contributed by atoms with van der Waals surface area (Å²) in [5, 5.41) is 2.54. The standard InChI is InChI=1S/C17H15F2NO4/c1-23-13-4-2-3-11(7-13)9-20-16(21)10-24-17(22)14-8-12(18)5-6-15(14)19/h2-8H,9-10H2,1H3,(H,20,21). The van der Waals surface area contributed by atoms with Crippen molar-refractivity contribution < 1.29 is 27.8 Å². The van der Waals surface area contributed by atoms with Crippen LogP contribution in [0.15, 0.2) is 42.5 Å². The lowest BCUT2D eigenvalue weighted by molar-refractivity contribution is -0.124. The molecule has 24 heavy (non-hydrogen) atoms. The van der Waals surface area contributed by atoms with Crippen LogP contribution < -0.4 is 10.1 Å². The second-order valence-corrected chi connectivity index (χ2v) is 4.83. The monoisotopic (exact) mass is 335 g/mol. The predicted molar refractivity (Wildman–Crippen MR) is 81.5 cm³/mol. The molecule has 0 aromatic heterocycles. The molecule has 0 saturated heterocycles. The maximum atomic E-state index is 13.4. The van der Waals surface area contributed by atoms with E-state index in [0.717, 1.165) is 17.7 Å². The minimum Gasteiger partial charge on any atom is -0.497 e. The largest absolute Gasteiger partial charge is 0.497 e. The summed E-state index contributed by atoms with van der Waals surface area (Å²) in [4.78, 5) is 23.3. The molecule has 126 valence electrons. The molecule has 0 spiro atoms. The third kappa shape index (κ3) is 4.77. The lowest BCUT2D eigenvalue weighted by Crippen LogP contribution is -2.28. The van der Waals surface area contributed by atoms with Crippen LogP contribution in [-0.2, 0) is 16.1 Å². The fraction of sp³-hybridized carbons (Fsp3) is 0.176. The van der Waals surface area contributed by atoms with E-state index in [9.17, 15) is 18.4 Å². The summed E-state index contributed by atoms with van der Waals surface area (Å²) in [6.45, 7) is -0.388. The summed E-state index contributed by atoms with van der Waals surface area (Å²) in [7, 11) is 1.53. The fourth-order valence-electron chi connectivity index (χ4n) is 1.90. The van der Waals surface area contributed by atoms with Crippen molar-refractivity contribution in [2.75, 3.05) is 13.7 Å². The van der Waals surface area contributed by atoms with E-state index in [0.29, 0.717) is 11.8 Å². The second-order valence-electron chi connectivity index (χ2n) is 4.83. The van der Waals surface area contributed by atoms with E-state index in [4.69, 9.17) is 4.74 Å². The molecule has 0 aliphatic heterocycles. The van der Waals surface area contributed by atoms with Gasteiger partial charge in [-0.15, -0.1) is 0 Å². The smallest absolute Gasteiger partial charge is 0.341 e. The van der Waals surface area contributed by atoms with Gasteiger partial charge in [0.15, 0.2) is 6.61 Å². The van der Waals surface area contributed by atoms with E-state index >= 15 is 0 Å². The molecule has 2 aromatic rings. The Morgan fingerprint density at radius 1 is 1.12 bits per heavy atom. The normalized spacial score (nSPS) is 10.1. The minimum absolute atomic E-state index is 0.210. The summed E-state index contributed by atoms with van der Waals surface area (Å²) in [6.07, 6.45) is 0. The van der Waals surface area contributed by atoms with Gasteiger partial charge in [-0.1, -0.05) is 12.1 Å². The number of halogens is 2. The molecule has 0 fully saturated rings. The molecule has 1 amide bonds. The van der Waals surface area contributed by atoms with Crippen molar-refractivity contribution >= 4 is 11.9 Å². The minimum atomic E-state index is -1.11. The van der Waals surface area contributed by atoms with E-state index in [1.807, 2.05) is 0 Å². The number of rotatable bonds is 6. The quantitative estimate of drug-likeness (QED) is 0.824. The van der Waals surface area contributed by atoms with Crippen molar-refractivity contribution in [3.05, 3.63) is 65.2 Å². The summed E-state index contributed by atoms with van der Waals surface area (Å²) >= 11 is 0. The van der Waals surface area contributed by atoms with Gasteiger partial charge in [-0.05, 0) is 35.9 Å². The lowest BCUT2D eigenvalue weighted by atomic mass is 10.2. The predicted octanol–water partition coefficient (Wildman–Crippen LogP) is 2.45. The van der Waals surface area contributed by atoms with E-state index in [1.165, 1.54) is 7.11 Å². The lowest BCUT2D eigenvalue weighted by Gasteiger charge is -2.08. The first-order chi connectivity index (χ1) is 11.5. The number of hydrogen-bond acceptors (Lipinski definition) is 4. The maximum Gasteiger partial charge on any atom is 0.341 e. The van der Waals surface area contributed by atoms with Crippen molar-refractivity contribution in [3.63, 3.8) is 0 Å². The van der Waals surface area contributed by atoms with Crippen LogP contribution in [-0.4, -0.2) is 25.6 Å². The summed E-state index contributed by atoms with van der Waals surface area (Å²) in [5.74, 6) is -2.72. The van der Waals surface area contributed by atoms with Crippen LogP contribution in [0.5, 0.6) is 5.75 Å². The van der Waals surface area contributed by atoms with E-state index in [2.05, 4.69) is 10.1 Å². The topological polar surface area (TPSA) is 64.6 Å². The van der Waals surface area contributed by atoms with Crippen molar-refractivity contribution in [1.82, 2.24) is 5.32 Å². The molecular formula is C17H15F2NO4. The van der Waals surface area contributed by atoms with Gasteiger partial charge in [-0.3, -0.25) is 4.79 Å². The number of carbonyl (C=O) groups is 2. The second kappa shape index (κ2) is 8.05. The van der Waals surface area contributed by atoms with Gasteiger partial charge in [-0.2, -0.15) is 0 Å². The number of carbonyl (C=O) groups excluding carboxylic acids is 2. The first kappa shape index (κ1) is 17.4. The summed E-state index contributed by atoms with van der Waals surface area (Å²) < 4.78 is 36.2. The Balaban J connectivity index is 1.84. The number of hydrogen-bond donors (Lipinski definition) is 1. The van der Waals surface area contributed by atoms with Gasteiger partial charge in [-0.25, -0.2) is 13.6 Å². The van der Waals surface area contributed by atoms with Crippen LogP contribution in [0.4, 0.5) is 8.78 Å². The number of amides is 1. The Kier molecular flexibility index (Phi) is 5.83. The first-order valence-electron chi connectivity index (χ1n) is 7.01. The van der Waals surface area contributed by atoms with Crippen LogP contribution in [0, 0.1) is 11.6 Å². The van der Waals surface area contributed by atoms with Gasteiger partial charge in [0.25, 0.3) is 5.91 Å². The molecular weight excluding hydrogens is 320 g/mol. The van der Waals surface area contributed by atoms with Crippen LogP contribution in [0.25, 0.3) is 0 Å². The summed E-state index contributed by atoms with van der Waals surface area (Å²) in [5.41, 5.74) is 0.237. The average Bonchev–Trinajstić information content (AvgIpc) is 2.60. The number of ether oxygens (including phenoxy) is 2. The van der Waals surface area contributed by atoms with Gasteiger partial charge >= 0.3 is 5.97 Å². The van der Waals surface area contributed by atoms with Crippen LogP contribution in [0.3, 0.4) is 0 Å². The van der Waals surface area contributed by atoms with Gasteiger partial charge in [0.05, 0.1) is 12.7 Å². The molecule has 2 rings (SSSR count). The highest BCUT2D eigenvalue weighted by molar-refractivity contribution is 5.91. The van der Waals surface area contributed by atoms with Crippen molar-refractivity contribution in [3.8, 4) is 5.75 Å². The van der Waals surface area contributed by atoms with E-state index in [1.54, 1.807) is 24.3 Å². The summed E-state index contributed by atoms with van der Waals surface area (Å²) in [6, 6.07) is 9.48. The molecule has 0 bridgehead atoms. The van der Waals surface area contributed by atoms with Gasteiger partial charge in [0.2, 0.25) is 0 Å². The third-order valence-corrected chi connectivity index (χ3v) is 3.11. The Morgan fingerprint density at radius 3 is 2.67 bits per heavy atom. The molecule has 0 aliphatic rings. The fourth-order valence-corrected chi connectivity index (χ4v) is 1.90. The van der Waals surface area contributed by atoms with E-state index < -0.39 is 35.7 Å². The molecule has 1 N–H and O–H groups in total. The molecule has 0 heterocycles. The molecule has 2 aromatic carbocycles. The zero-order valence-corrected chi connectivity index (χ0v) is 12.8. The zero-order valence-electron chi connectivity index (χ0n) is 12.8. The third-order valence-electron chi connectivity index (χ3n) is 3.11. The van der Waals surface area contributed by atoms with Crippen molar-refractivity contribution in [2.45, 2.75) is 6.54 Å². The number of esters is 1. The Bertz CT molecular complexity index is 749. The number of nitrogens with one attached hydrogen (secondary N) is 1. The van der Waals surface area contributed by atoms with Crippen molar-refractivity contribution in [1.29, 1.82) is 0 Å². The van der Waals surface area contributed by atoms with Gasteiger partial charge in [0, 0.05) is 6.54 Å². The number of benzene rings is 2.